The highest BCUT2D eigenvalue weighted by Gasteiger charge is 2.27. The third kappa shape index (κ3) is 7.15. The standard InChI is InChI=1S/C20H20N2O6.C14H13NO6/c1-4-12(14-9-8-10(2)28-14)21-15-16(18(24)17(15)23)22-13-7-5-6-11(20(25)26)19(13)27-3;1-3-21-13-9(10(16)11(13)17)15-8-6-4-5-7(14(18)19)12(8)20-2/h5-9,12,21-22H,4H2,1-3H3,(H,25,26);4-6,15H,3H2,1-2H3,(H,18,19)/t12-;/m1./s1. The summed E-state index contributed by atoms with van der Waals surface area (Å²) in [6, 6.07) is 12.2. The second-order valence-electron chi connectivity index (χ2n) is 10.4. The van der Waals surface area contributed by atoms with Crippen LogP contribution in [-0.2, 0) is 0 Å². The number of carboxylic acids is 2. The quantitative estimate of drug-likeness (QED) is 0.103. The lowest BCUT2D eigenvalue weighted by atomic mass is 10.1. The van der Waals surface area contributed by atoms with Crippen molar-refractivity contribution in [3.05, 3.63) is 112 Å². The molecule has 0 radical (unpaired) electrons. The third-order valence-corrected chi connectivity index (χ3v) is 7.32. The Morgan fingerprint density at radius 2 is 1.22 bits per heavy atom. The summed E-state index contributed by atoms with van der Waals surface area (Å²) in [6.45, 7) is 5.67. The molecule has 1 heterocycles. The zero-order chi connectivity index (χ0) is 36.0. The molecule has 0 aliphatic heterocycles. The van der Waals surface area contributed by atoms with Gasteiger partial charge in [-0.1, -0.05) is 19.1 Å². The summed E-state index contributed by atoms with van der Waals surface area (Å²) in [4.78, 5) is 69.7. The van der Waals surface area contributed by atoms with E-state index in [1.54, 1.807) is 13.0 Å². The third-order valence-electron chi connectivity index (χ3n) is 7.32. The fourth-order valence-corrected chi connectivity index (χ4v) is 4.92. The van der Waals surface area contributed by atoms with Gasteiger partial charge < -0.3 is 44.8 Å². The number of hydrogen-bond donors (Lipinski definition) is 5. The second kappa shape index (κ2) is 15.0. The summed E-state index contributed by atoms with van der Waals surface area (Å²) in [6.07, 6.45) is 0.628. The van der Waals surface area contributed by atoms with Crippen molar-refractivity contribution in [2.45, 2.75) is 33.2 Å². The molecule has 0 saturated carbocycles. The molecule has 0 aliphatic carbocycles. The number of rotatable bonds is 14. The normalized spacial score (nSPS) is 11.3. The van der Waals surface area contributed by atoms with Gasteiger partial charge in [0.05, 0.1) is 38.2 Å². The van der Waals surface area contributed by atoms with Crippen LogP contribution in [0.15, 0.2) is 72.1 Å². The van der Waals surface area contributed by atoms with E-state index in [-0.39, 0.29) is 69.5 Å². The van der Waals surface area contributed by atoms with Crippen molar-refractivity contribution in [1.82, 2.24) is 0 Å². The minimum absolute atomic E-state index is 0.00249. The number of hydrogen-bond acceptors (Lipinski definition) is 13. The maximum absolute atomic E-state index is 12.1. The molecule has 1 atom stereocenters. The first-order valence-electron chi connectivity index (χ1n) is 14.8. The van der Waals surface area contributed by atoms with Gasteiger partial charge in [-0.05, 0) is 56.7 Å². The predicted molar refractivity (Wildman–Crippen MR) is 180 cm³/mol. The Balaban J connectivity index is 0.000000230. The van der Waals surface area contributed by atoms with Gasteiger partial charge in [-0.3, -0.25) is 19.2 Å². The highest BCUT2D eigenvalue weighted by molar-refractivity contribution is 5.95. The Morgan fingerprint density at radius 1 is 0.714 bits per heavy atom. The molecular weight excluding hydrogens is 642 g/mol. The monoisotopic (exact) mass is 675 g/mol. The molecular formula is C34H33N3O12. The van der Waals surface area contributed by atoms with Gasteiger partial charge in [0.1, 0.15) is 39.7 Å². The SMILES string of the molecule is CCOc1c(Nc2cccc(C(=O)O)c2OC)c(=O)c1=O.CC[C@@H](Nc1c(Nc2cccc(C(=O)O)c2OC)c(=O)c1=O)c1ccc(C)o1. The van der Waals surface area contributed by atoms with Crippen LogP contribution in [0.25, 0.3) is 0 Å². The molecule has 0 unspecified atom stereocenters. The van der Waals surface area contributed by atoms with Gasteiger partial charge in [0.2, 0.25) is 0 Å². The topological polar surface area (TPSA) is 220 Å². The molecule has 15 heteroatoms. The van der Waals surface area contributed by atoms with Crippen molar-refractivity contribution in [1.29, 1.82) is 0 Å². The maximum atomic E-state index is 12.1. The van der Waals surface area contributed by atoms with Crippen LogP contribution in [0.3, 0.4) is 0 Å². The van der Waals surface area contributed by atoms with Gasteiger partial charge in [0.15, 0.2) is 17.2 Å². The first kappa shape index (κ1) is 35.5. The number of ether oxygens (including phenoxy) is 3. The molecule has 256 valence electrons. The summed E-state index contributed by atoms with van der Waals surface area (Å²) >= 11 is 0. The maximum Gasteiger partial charge on any atom is 0.339 e. The number of furan rings is 1. The highest BCUT2D eigenvalue weighted by atomic mass is 16.5. The molecule has 0 aliphatic rings. The van der Waals surface area contributed by atoms with Gasteiger partial charge in [0.25, 0.3) is 21.7 Å². The Hall–Kier alpha value is -6.38. The van der Waals surface area contributed by atoms with Gasteiger partial charge in [-0.15, -0.1) is 0 Å². The molecule has 0 bridgehead atoms. The van der Waals surface area contributed by atoms with Crippen molar-refractivity contribution in [3.8, 4) is 17.2 Å². The van der Waals surface area contributed by atoms with E-state index >= 15 is 0 Å². The smallest absolute Gasteiger partial charge is 0.339 e. The molecule has 0 fully saturated rings. The van der Waals surface area contributed by atoms with Crippen LogP contribution in [0.5, 0.6) is 17.2 Å². The lowest BCUT2D eigenvalue weighted by Gasteiger charge is -2.21. The summed E-state index contributed by atoms with van der Waals surface area (Å²) in [7, 11) is 2.65. The Bertz CT molecular complexity index is 2150. The minimum atomic E-state index is -1.16. The van der Waals surface area contributed by atoms with Crippen LogP contribution < -0.4 is 51.9 Å². The van der Waals surface area contributed by atoms with E-state index in [0.29, 0.717) is 12.2 Å². The van der Waals surface area contributed by atoms with E-state index < -0.39 is 33.7 Å². The molecule has 0 spiro atoms. The molecule has 0 amide bonds. The van der Waals surface area contributed by atoms with Crippen LogP contribution in [0, 0.1) is 6.92 Å². The predicted octanol–water partition coefficient (Wildman–Crippen LogP) is 4.33. The number of carboxylic acid groups (broad SMARTS) is 2. The Labute approximate surface area is 278 Å². The zero-order valence-electron chi connectivity index (χ0n) is 27.1. The number of nitrogens with one attached hydrogen (secondary N) is 3. The van der Waals surface area contributed by atoms with E-state index in [0.717, 1.165) is 5.76 Å². The van der Waals surface area contributed by atoms with Crippen LogP contribution in [0.4, 0.5) is 28.4 Å². The fraction of sp³-hybridized carbons (Fsp3) is 0.235. The molecule has 0 saturated heterocycles. The fourth-order valence-electron chi connectivity index (χ4n) is 4.92. The van der Waals surface area contributed by atoms with Crippen LogP contribution in [0.2, 0.25) is 0 Å². The first-order valence-corrected chi connectivity index (χ1v) is 14.8. The average molecular weight is 676 g/mol. The highest BCUT2D eigenvalue weighted by Crippen LogP contribution is 2.35. The number of aromatic carboxylic acids is 2. The van der Waals surface area contributed by atoms with E-state index in [1.807, 2.05) is 26.0 Å². The molecule has 4 aromatic carbocycles. The van der Waals surface area contributed by atoms with E-state index in [1.165, 1.54) is 44.6 Å². The number of methoxy groups -OCH3 is 2. The number of anilines is 5. The van der Waals surface area contributed by atoms with Crippen molar-refractivity contribution >= 4 is 40.4 Å². The Morgan fingerprint density at radius 3 is 1.67 bits per heavy atom. The van der Waals surface area contributed by atoms with Crippen LogP contribution >= 0.6 is 0 Å². The van der Waals surface area contributed by atoms with E-state index in [2.05, 4.69) is 16.0 Å². The van der Waals surface area contributed by atoms with Crippen molar-refractivity contribution in [2.75, 3.05) is 36.8 Å². The summed E-state index contributed by atoms with van der Waals surface area (Å²) in [5, 5.41) is 27.0. The molecule has 15 nitrogen and oxygen atoms in total. The van der Waals surface area contributed by atoms with Gasteiger partial charge in [-0.2, -0.15) is 0 Å². The molecule has 1 aromatic heterocycles. The van der Waals surface area contributed by atoms with E-state index in [9.17, 15) is 33.9 Å². The summed E-state index contributed by atoms with van der Waals surface area (Å²) < 4.78 is 20.9. The van der Waals surface area contributed by atoms with Gasteiger partial charge >= 0.3 is 11.9 Å². The van der Waals surface area contributed by atoms with Crippen LogP contribution in [0.1, 0.15) is 58.5 Å². The van der Waals surface area contributed by atoms with Gasteiger partial charge in [0, 0.05) is 0 Å². The van der Waals surface area contributed by atoms with Crippen LogP contribution in [-0.4, -0.2) is 43.0 Å². The molecule has 49 heavy (non-hydrogen) atoms. The minimum Gasteiger partial charge on any atom is -0.494 e. The molecule has 5 aromatic rings. The largest absolute Gasteiger partial charge is 0.494 e. The lowest BCUT2D eigenvalue weighted by molar-refractivity contribution is 0.0682. The lowest BCUT2D eigenvalue weighted by Crippen LogP contribution is -2.37. The number of aryl methyl sites for hydroxylation is 1. The van der Waals surface area contributed by atoms with Crippen molar-refractivity contribution < 1.29 is 38.4 Å². The summed E-state index contributed by atoms with van der Waals surface area (Å²) in [5.41, 5.74) is -2.10. The zero-order valence-corrected chi connectivity index (χ0v) is 27.1. The van der Waals surface area contributed by atoms with E-state index in [4.69, 9.17) is 23.7 Å². The van der Waals surface area contributed by atoms with Crippen molar-refractivity contribution in [2.24, 2.45) is 0 Å². The Kier molecular flexibility index (Phi) is 10.9. The molecule has 5 N–H and O–H groups in total. The van der Waals surface area contributed by atoms with Crippen molar-refractivity contribution in [3.63, 3.8) is 0 Å². The first-order chi connectivity index (χ1) is 23.4. The number of benzene rings is 2. The number of carbonyl (C=O) groups is 2. The molecule has 5 rings (SSSR count). The summed E-state index contributed by atoms with van der Waals surface area (Å²) in [5.74, 6) is -0.833. The number of para-hydroxylation sites is 2. The average Bonchev–Trinajstić information content (AvgIpc) is 3.54. The second-order valence-corrected chi connectivity index (χ2v) is 10.4. The van der Waals surface area contributed by atoms with Gasteiger partial charge in [-0.25, -0.2) is 9.59 Å².